The monoisotopic (exact) mass is 288 g/mol. The van der Waals surface area contributed by atoms with Gasteiger partial charge in [0.2, 0.25) is 0 Å². The molecule has 21 heavy (non-hydrogen) atoms. The van der Waals surface area contributed by atoms with Gasteiger partial charge in [-0.15, -0.1) is 0 Å². The Kier molecular flexibility index (Phi) is 5.67. The summed E-state index contributed by atoms with van der Waals surface area (Å²) in [6.45, 7) is 15.6. The van der Waals surface area contributed by atoms with Gasteiger partial charge in [-0.1, -0.05) is 65.8 Å². The van der Waals surface area contributed by atoms with Crippen LogP contribution in [0.5, 0.6) is 5.75 Å². The van der Waals surface area contributed by atoms with Crippen LogP contribution >= 0.6 is 0 Å². The molecule has 0 saturated carbocycles. The molecule has 0 radical (unpaired) electrons. The first-order valence-electron chi connectivity index (χ1n) is 7.94. The minimum atomic E-state index is 0.0853. The zero-order chi connectivity index (χ0) is 16.3. The van der Waals surface area contributed by atoms with Gasteiger partial charge in [-0.25, -0.2) is 0 Å². The van der Waals surface area contributed by atoms with Crippen molar-refractivity contribution in [2.24, 2.45) is 0 Å². The molecule has 0 aromatic heterocycles. The van der Waals surface area contributed by atoms with Gasteiger partial charge in [0.1, 0.15) is 5.75 Å². The average Bonchev–Trinajstić information content (AvgIpc) is 2.36. The third kappa shape index (κ3) is 4.62. The fraction of sp³-hybridized carbons (Fsp3) is 0.600. The van der Waals surface area contributed by atoms with Crippen LogP contribution in [0.1, 0.15) is 71.6 Å². The van der Waals surface area contributed by atoms with Gasteiger partial charge in [0, 0.05) is 11.1 Å². The lowest BCUT2D eigenvalue weighted by Gasteiger charge is -2.30. The van der Waals surface area contributed by atoms with E-state index < -0.39 is 0 Å². The predicted molar refractivity (Wildman–Crippen MR) is 93.5 cm³/mol. The second kappa shape index (κ2) is 6.68. The van der Waals surface area contributed by atoms with Crippen LogP contribution in [0.15, 0.2) is 24.3 Å². The predicted octanol–water partition coefficient (Wildman–Crippen LogP) is 5.80. The molecular formula is C20H32O. The van der Waals surface area contributed by atoms with E-state index in [1.54, 1.807) is 7.11 Å². The van der Waals surface area contributed by atoms with Crippen LogP contribution in [0.3, 0.4) is 0 Å². The summed E-state index contributed by atoms with van der Waals surface area (Å²) in [7, 11) is 1.79. The molecule has 118 valence electrons. The molecule has 0 aliphatic carbocycles. The van der Waals surface area contributed by atoms with Gasteiger partial charge in [0.15, 0.2) is 0 Å². The highest BCUT2D eigenvalue weighted by Crippen LogP contribution is 2.40. The molecule has 0 unspecified atom stereocenters. The number of hydrogen-bond acceptors (Lipinski definition) is 1. The average molecular weight is 288 g/mol. The minimum Gasteiger partial charge on any atom is -0.496 e. The van der Waals surface area contributed by atoms with Crippen LogP contribution < -0.4 is 4.74 Å². The third-order valence-corrected chi connectivity index (χ3v) is 3.80. The van der Waals surface area contributed by atoms with E-state index in [2.05, 4.69) is 72.8 Å². The van der Waals surface area contributed by atoms with Gasteiger partial charge in [0.25, 0.3) is 0 Å². The zero-order valence-electron chi connectivity index (χ0n) is 15.1. The summed E-state index contributed by atoms with van der Waals surface area (Å²) in [5.41, 5.74) is 4.20. The number of hydrogen-bond donors (Lipinski definition) is 0. The van der Waals surface area contributed by atoms with Crippen molar-refractivity contribution in [3.05, 3.63) is 41.0 Å². The molecule has 0 spiro atoms. The van der Waals surface area contributed by atoms with E-state index in [1.807, 2.05) is 0 Å². The summed E-state index contributed by atoms with van der Waals surface area (Å²) in [4.78, 5) is 0. The first kappa shape index (κ1) is 17.8. The second-order valence-corrected chi connectivity index (χ2v) is 7.83. The second-order valence-electron chi connectivity index (χ2n) is 7.83. The highest BCUT2D eigenvalue weighted by atomic mass is 16.5. The summed E-state index contributed by atoms with van der Waals surface area (Å²) in [6.07, 6.45) is 6.53. The van der Waals surface area contributed by atoms with Crippen molar-refractivity contribution in [2.75, 3.05) is 7.11 Å². The van der Waals surface area contributed by atoms with Gasteiger partial charge in [-0.3, -0.25) is 0 Å². The molecule has 0 fully saturated rings. The van der Waals surface area contributed by atoms with Gasteiger partial charge in [-0.2, -0.15) is 0 Å². The van der Waals surface area contributed by atoms with Crippen molar-refractivity contribution in [3.8, 4) is 5.75 Å². The molecule has 1 heteroatoms. The van der Waals surface area contributed by atoms with Crippen LogP contribution in [-0.2, 0) is 17.3 Å². The van der Waals surface area contributed by atoms with Crippen molar-refractivity contribution >= 4 is 0 Å². The molecule has 0 aliphatic heterocycles. The smallest absolute Gasteiger partial charge is 0.126 e. The maximum Gasteiger partial charge on any atom is 0.126 e. The largest absolute Gasteiger partial charge is 0.496 e. The molecular weight excluding hydrogens is 256 g/mol. The lowest BCUT2D eigenvalue weighted by molar-refractivity contribution is 0.381. The Labute approximate surface area is 131 Å². The van der Waals surface area contributed by atoms with Crippen LogP contribution in [0, 0.1) is 0 Å². The highest BCUT2D eigenvalue weighted by molar-refractivity contribution is 5.50. The molecule has 1 nitrogen and oxygen atoms in total. The fourth-order valence-corrected chi connectivity index (χ4v) is 2.58. The van der Waals surface area contributed by atoms with E-state index in [0.717, 1.165) is 18.6 Å². The van der Waals surface area contributed by atoms with E-state index in [1.165, 1.54) is 16.7 Å². The van der Waals surface area contributed by atoms with Crippen LogP contribution in [0.2, 0.25) is 0 Å². The molecule has 0 amide bonds. The number of allylic oxidation sites excluding steroid dienone is 2. The molecule has 1 rings (SSSR count). The summed E-state index contributed by atoms with van der Waals surface area (Å²) in [5, 5.41) is 0. The van der Waals surface area contributed by atoms with E-state index >= 15 is 0 Å². The number of rotatable bonds is 4. The number of methoxy groups -OCH3 is 1. The lowest BCUT2D eigenvalue weighted by Crippen LogP contribution is -2.19. The van der Waals surface area contributed by atoms with Gasteiger partial charge in [0.05, 0.1) is 7.11 Å². The molecule has 0 N–H and O–H groups in total. The minimum absolute atomic E-state index is 0.0853. The Morgan fingerprint density at radius 2 is 1.43 bits per heavy atom. The van der Waals surface area contributed by atoms with Crippen molar-refractivity contribution < 1.29 is 4.74 Å². The quantitative estimate of drug-likeness (QED) is 0.636. The summed E-state index contributed by atoms with van der Waals surface area (Å²) < 4.78 is 5.80. The maximum absolute atomic E-state index is 5.80. The van der Waals surface area contributed by atoms with Crippen molar-refractivity contribution in [2.45, 2.75) is 72.1 Å². The Morgan fingerprint density at radius 3 is 1.76 bits per heavy atom. The zero-order valence-corrected chi connectivity index (χ0v) is 15.1. The lowest BCUT2D eigenvalue weighted by atomic mass is 9.78. The molecule has 1 aromatic rings. The van der Waals surface area contributed by atoms with Crippen molar-refractivity contribution in [3.63, 3.8) is 0 Å². The number of ether oxygens (including phenoxy) is 1. The normalized spacial score (nSPS) is 13.0. The van der Waals surface area contributed by atoms with Crippen molar-refractivity contribution in [1.29, 1.82) is 0 Å². The molecule has 0 heterocycles. The Hall–Kier alpha value is -1.24. The van der Waals surface area contributed by atoms with Gasteiger partial charge < -0.3 is 4.74 Å². The summed E-state index contributed by atoms with van der Waals surface area (Å²) >= 11 is 0. The summed E-state index contributed by atoms with van der Waals surface area (Å²) in [6, 6.07) is 4.66. The van der Waals surface area contributed by atoms with Crippen LogP contribution in [0.4, 0.5) is 0 Å². The van der Waals surface area contributed by atoms with Gasteiger partial charge >= 0.3 is 0 Å². The maximum atomic E-state index is 5.80. The van der Waals surface area contributed by atoms with E-state index in [4.69, 9.17) is 4.74 Å². The molecule has 0 atom stereocenters. The van der Waals surface area contributed by atoms with Crippen LogP contribution in [0.25, 0.3) is 0 Å². The third-order valence-electron chi connectivity index (χ3n) is 3.80. The Balaban J connectivity index is 3.44. The van der Waals surface area contributed by atoms with E-state index in [9.17, 15) is 0 Å². The fourth-order valence-electron chi connectivity index (χ4n) is 2.58. The van der Waals surface area contributed by atoms with E-state index in [-0.39, 0.29) is 10.8 Å². The van der Waals surface area contributed by atoms with Gasteiger partial charge in [-0.05, 0) is 36.2 Å². The van der Waals surface area contributed by atoms with E-state index in [0.29, 0.717) is 0 Å². The first-order valence-corrected chi connectivity index (χ1v) is 7.94. The standard InChI is InChI=1S/C20H32O/c1-9-10-11-12-15-13-16(19(2,3)4)18(21-8)17(14-15)20(5,6)7/h9-10,13-14H,11-12H2,1-8H3/b10-9-. The number of aryl methyl sites for hydroxylation is 1. The molecule has 0 saturated heterocycles. The molecule has 0 bridgehead atoms. The Morgan fingerprint density at radius 1 is 0.952 bits per heavy atom. The SMILES string of the molecule is C/C=C\CCc1cc(C(C)(C)C)c(OC)c(C(C)(C)C)c1. The topological polar surface area (TPSA) is 9.23 Å². The molecule has 0 aliphatic rings. The van der Waals surface area contributed by atoms with Crippen molar-refractivity contribution in [1.82, 2.24) is 0 Å². The Bertz CT molecular complexity index is 461. The van der Waals surface area contributed by atoms with Crippen LogP contribution in [-0.4, -0.2) is 7.11 Å². The summed E-state index contributed by atoms with van der Waals surface area (Å²) in [5.74, 6) is 1.06. The molecule has 1 aromatic carbocycles. The number of benzene rings is 1. The first-order chi connectivity index (χ1) is 9.61. The highest BCUT2D eigenvalue weighted by Gasteiger charge is 2.27.